The lowest BCUT2D eigenvalue weighted by Gasteiger charge is -2.32. The Morgan fingerprint density at radius 2 is 1.77 bits per heavy atom. The van der Waals surface area contributed by atoms with Gasteiger partial charge in [0, 0.05) is 37.9 Å². The number of piperidine rings is 1. The van der Waals surface area contributed by atoms with Gasteiger partial charge in [0.25, 0.3) is 0 Å². The van der Waals surface area contributed by atoms with Gasteiger partial charge in [0.2, 0.25) is 11.9 Å². The zero-order valence-corrected chi connectivity index (χ0v) is 15.6. The van der Waals surface area contributed by atoms with Crippen LogP contribution in [-0.4, -0.2) is 35.0 Å². The third-order valence-corrected chi connectivity index (χ3v) is 5.13. The molecule has 1 aromatic carbocycles. The number of nitrogens with zero attached hydrogens (tertiary/aromatic N) is 3. The van der Waals surface area contributed by atoms with E-state index in [9.17, 15) is 4.79 Å². The molecule has 0 bridgehead atoms. The Kier molecular flexibility index (Phi) is 6.21. The second kappa shape index (κ2) is 8.79. The molecule has 5 heteroatoms. The molecule has 0 spiro atoms. The summed E-state index contributed by atoms with van der Waals surface area (Å²) in [6, 6.07) is 12.4. The van der Waals surface area contributed by atoms with Crippen LogP contribution in [0.15, 0.2) is 48.8 Å². The van der Waals surface area contributed by atoms with Crippen LogP contribution in [0.2, 0.25) is 0 Å². The number of nitrogens with one attached hydrogen (secondary N) is 1. The third-order valence-electron chi connectivity index (χ3n) is 5.13. The van der Waals surface area contributed by atoms with E-state index >= 15 is 0 Å². The number of amides is 1. The fourth-order valence-corrected chi connectivity index (χ4v) is 3.60. The molecule has 1 atom stereocenters. The molecule has 1 fully saturated rings. The molecular weight excluding hydrogens is 324 g/mol. The lowest BCUT2D eigenvalue weighted by molar-refractivity contribution is -0.122. The average molecular weight is 352 g/mol. The fraction of sp³-hybridized carbons (Fsp3) is 0.476. The molecule has 3 rings (SSSR count). The number of hydrogen-bond donors (Lipinski definition) is 1. The first kappa shape index (κ1) is 18.4. The molecule has 0 radical (unpaired) electrons. The standard InChI is InChI=1S/C21H28N4O/c1-16(2)19(17-7-4-3-5-8-17)15-20(26)24-18-9-13-25(14-10-18)21-22-11-6-12-23-21/h3-8,11-12,16,18-19H,9-10,13-15H2,1-2H3,(H,24,26). The van der Waals surface area contributed by atoms with Gasteiger partial charge in [-0.1, -0.05) is 44.2 Å². The number of rotatable bonds is 6. The van der Waals surface area contributed by atoms with Crippen molar-refractivity contribution in [1.82, 2.24) is 15.3 Å². The van der Waals surface area contributed by atoms with E-state index in [0.717, 1.165) is 31.9 Å². The molecule has 1 amide bonds. The van der Waals surface area contributed by atoms with Crippen molar-refractivity contribution in [2.75, 3.05) is 18.0 Å². The van der Waals surface area contributed by atoms with Crippen LogP contribution in [0.3, 0.4) is 0 Å². The minimum Gasteiger partial charge on any atom is -0.353 e. The quantitative estimate of drug-likeness (QED) is 0.866. The molecule has 0 aliphatic carbocycles. The summed E-state index contributed by atoms with van der Waals surface area (Å²) in [5.74, 6) is 1.62. The van der Waals surface area contributed by atoms with Crippen LogP contribution in [0.5, 0.6) is 0 Å². The maximum Gasteiger partial charge on any atom is 0.225 e. The molecule has 5 nitrogen and oxygen atoms in total. The van der Waals surface area contributed by atoms with Crippen molar-refractivity contribution in [3.63, 3.8) is 0 Å². The van der Waals surface area contributed by atoms with Crippen LogP contribution >= 0.6 is 0 Å². The molecule has 138 valence electrons. The highest BCUT2D eigenvalue weighted by Crippen LogP contribution is 2.28. The van der Waals surface area contributed by atoms with Gasteiger partial charge in [-0.25, -0.2) is 9.97 Å². The van der Waals surface area contributed by atoms with Crippen molar-refractivity contribution < 1.29 is 4.79 Å². The van der Waals surface area contributed by atoms with Crippen molar-refractivity contribution in [2.24, 2.45) is 5.92 Å². The Bertz CT molecular complexity index is 682. The van der Waals surface area contributed by atoms with Gasteiger partial charge in [-0.3, -0.25) is 4.79 Å². The van der Waals surface area contributed by atoms with Crippen LogP contribution in [0.1, 0.15) is 44.6 Å². The van der Waals surface area contributed by atoms with Gasteiger partial charge in [0.15, 0.2) is 0 Å². The summed E-state index contributed by atoms with van der Waals surface area (Å²) in [7, 11) is 0. The number of aromatic nitrogens is 2. The zero-order valence-electron chi connectivity index (χ0n) is 15.6. The van der Waals surface area contributed by atoms with Gasteiger partial charge in [0.05, 0.1) is 0 Å². The summed E-state index contributed by atoms with van der Waals surface area (Å²) in [5, 5.41) is 3.24. The Balaban J connectivity index is 1.51. The summed E-state index contributed by atoms with van der Waals surface area (Å²) < 4.78 is 0. The summed E-state index contributed by atoms with van der Waals surface area (Å²) in [6.07, 6.45) is 5.95. The molecular formula is C21H28N4O. The molecule has 1 unspecified atom stereocenters. The van der Waals surface area contributed by atoms with Crippen LogP contribution in [-0.2, 0) is 4.79 Å². The third kappa shape index (κ3) is 4.81. The molecule has 2 aromatic rings. The fourth-order valence-electron chi connectivity index (χ4n) is 3.60. The minimum atomic E-state index is 0.155. The molecule has 1 saturated heterocycles. The van der Waals surface area contributed by atoms with Crippen molar-refractivity contribution in [2.45, 2.75) is 45.1 Å². The number of carbonyl (C=O) groups excluding carboxylic acids is 1. The van der Waals surface area contributed by atoms with Gasteiger partial charge >= 0.3 is 0 Å². The van der Waals surface area contributed by atoms with Crippen molar-refractivity contribution in [3.8, 4) is 0 Å². The van der Waals surface area contributed by atoms with E-state index in [-0.39, 0.29) is 17.9 Å². The number of hydrogen-bond acceptors (Lipinski definition) is 4. The molecule has 0 saturated carbocycles. The first-order chi connectivity index (χ1) is 12.6. The Morgan fingerprint density at radius 3 is 2.38 bits per heavy atom. The van der Waals surface area contributed by atoms with Gasteiger partial charge in [-0.05, 0) is 36.3 Å². The molecule has 26 heavy (non-hydrogen) atoms. The van der Waals surface area contributed by atoms with Crippen molar-refractivity contribution in [1.29, 1.82) is 0 Å². The predicted octanol–water partition coefficient (Wildman–Crippen LogP) is 3.39. The molecule has 1 aromatic heterocycles. The van der Waals surface area contributed by atoms with Gasteiger partial charge in [-0.2, -0.15) is 0 Å². The maximum atomic E-state index is 12.6. The molecule has 1 N–H and O–H groups in total. The van der Waals surface area contributed by atoms with Crippen LogP contribution in [0.4, 0.5) is 5.95 Å². The van der Waals surface area contributed by atoms with Crippen molar-refractivity contribution in [3.05, 3.63) is 54.4 Å². The van der Waals surface area contributed by atoms with Crippen molar-refractivity contribution >= 4 is 11.9 Å². The lowest BCUT2D eigenvalue weighted by atomic mass is 9.85. The first-order valence-electron chi connectivity index (χ1n) is 9.49. The Labute approximate surface area is 155 Å². The van der Waals surface area contributed by atoms with E-state index in [0.29, 0.717) is 12.3 Å². The SMILES string of the molecule is CC(C)C(CC(=O)NC1CCN(c2ncccn2)CC1)c1ccccc1. The highest BCUT2D eigenvalue weighted by Gasteiger charge is 2.24. The Hall–Kier alpha value is -2.43. The van der Waals surface area contributed by atoms with Crippen LogP contribution in [0.25, 0.3) is 0 Å². The van der Waals surface area contributed by atoms with Crippen LogP contribution < -0.4 is 10.2 Å². The summed E-state index contributed by atoms with van der Waals surface area (Å²) in [4.78, 5) is 23.4. The second-order valence-corrected chi connectivity index (χ2v) is 7.34. The van der Waals surface area contributed by atoms with Gasteiger partial charge < -0.3 is 10.2 Å². The summed E-state index contributed by atoms with van der Waals surface area (Å²) in [6.45, 7) is 6.12. The normalized spacial score (nSPS) is 16.5. The zero-order chi connectivity index (χ0) is 18.4. The van der Waals surface area contributed by atoms with Gasteiger partial charge in [0.1, 0.15) is 0 Å². The number of carbonyl (C=O) groups is 1. The topological polar surface area (TPSA) is 58.1 Å². The highest BCUT2D eigenvalue weighted by atomic mass is 16.1. The first-order valence-corrected chi connectivity index (χ1v) is 9.49. The minimum absolute atomic E-state index is 0.155. The largest absolute Gasteiger partial charge is 0.353 e. The molecule has 1 aliphatic rings. The lowest BCUT2D eigenvalue weighted by Crippen LogP contribution is -2.45. The van der Waals surface area contributed by atoms with Gasteiger partial charge in [-0.15, -0.1) is 0 Å². The van der Waals surface area contributed by atoms with Crippen LogP contribution in [0, 0.1) is 5.92 Å². The maximum absolute atomic E-state index is 12.6. The molecule has 1 aliphatic heterocycles. The van der Waals surface area contributed by atoms with E-state index in [1.165, 1.54) is 5.56 Å². The summed E-state index contributed by atoms with van der Waals surface area (Å²) >= 11 is 0. The molecule has 2 heterocycles. The van der Waals surface area contributed by atoms with E-state index in [2.05, 4.69) is 46.2 Å². The van der Waals surface area contributed by atoms with E-state index in [4.69, 9.17) is 0 Å². The van der Waals surface area contributed by atoms with E-state index in [1.54, 1.807) is 12.4 Å². The van der Waals surface area contributed by atoms with E-state index in [1.807, 2.05) is 24.3 Å². The smallest absolute Gasteiger partial charge is 0.225 e. The highest BCUT2D eigenvalue weighted by molar-refractivity contribution is 5.77. The number of anilines is 1. The second-order valence-electron chi connectivity index (χ2n) is 7.34. The monoisotopic (exact) mass is 352 g/mol. The predicted molar refractivity (Wildman–Crippen MR) is 104 cm³/mol. The Morgan fingerprint density at radius 1 is 1.12 bits per heavy atom. The number of benzene rings is 1. The summed E-state index contributed by atoms with van der Waals surface area (Å²) in [5.41, 5.74) is 1.24. The average Bonchev–Trinajstić information content (AvgIpc) is 2.68. The van der Waals surface area contributed by atoms with E-state index < -0.39 is 0 Å².